The number of hydrogen-bond acceptors (Lipinski definition) is 5. The summed E-state index contributed by atoms with van der Waals surface area (Å²) in [6.45, 7) is 5.54. The molecule has 1 fully saturated rings. The van der Waals surface area contributed by atoms with Crippen LogP contribution in [0.3, 0.4) is 0 Å². The van der Waals surface area contributed by atoms with Crippen LogP contribution in [0.2, 0.25) is 0 Å². The molecule has 0 spiro atoms. The van der Waals surface area contributed by atoms with Gasteiger partial charge in [-0.2, -0.15) is 0 Å². The molecule has 3 heterocycles. The Bertz CT molecular complexity index is 924. The number of pyridine rings is 1. The Kier molecular flexibility index (Phi) is 6.59. The fourth-order valence-electron chi connectivity index (χ4n) is 3.68. The van der Waals surface area contributed by atoms with Crippen LogP contribution in [0.25, 0.3) is 22.5 Å². The summed E-state index contributed by atoms with van der Waals surface area (Å²) in [5, 5.41) is 0.970. The van der Waals surface area contributed by atoms with Gasteiger partial charge in [0.2, 0.25) is 0 Å². The molecule has 152 valence electrons. The third-order valence-corrected chi connectivity index (χ3v) is 5.82. The lowest BCUT2D eigenvalue weighted by Crippen LogP contribution is -2.37. The number of hydrogen-bond donors (Lipinski definition) is 0. The first kappa shape index (κ1) is 20.1. The number of aromatic nitrogens is 3. The highest BCUT2D eigenvalue weighted by Crippen LogP contribution is 2.35. The minimum Gasteiger partial charge on any atom is -0.379 e. The Balaban J connectivity index is 1.67. The maximum atomic E-state index is 13.5. The first-order chi connectivity index (χ1) is 14.3. The van der Waals surface area contributed by atoms with Gasteiger partial charge in [-0.3, -0.25) is 9.88 Å². The van der Waals surface area contributed by atoms with Gasteiger partial charge in [0.05, 0.1) is 24.6 Å². The van der Waals surface area contributed by atoms with Gasteiger partial charge in [-0.1, -0.05) is 11.8 Å². The standard InChI is InChI=1S/C22H25FN4OS/c1-29-22-25-20(17-3-5-19(23)6-4-17)21(18-7-9-24-10-8-18)27(22)12-2-11-26-13-15-28-16-14-26/h3-10H,2,11-16H2,1H3. The predicted molar refractivity (Wildman–Crippen MR) is 115 cm³/mol. The average molecular weight is 413 g/mol. The molecule has 4 rings (SSSR count). The van der Waals surface area contributed by atoms with Crippen LogP contribution in [0.1, 0.15) is 6.42 Å². The van der Waals surface area contributed by atoms with Gasteiger partial charge in [-0.15, -0.1) is 0 Å². The smallest absolute Gasteiger partial charge is 0.168 e. The Morgan fingerprint density at radius 3 is 2.41 bits per heavy atom. The minimum absolute atomic E-state index is 0.241. The number of imidazole rings is 1. The molecule has 0 bridgehead atoms. The molecule has 0 radical (unpaired) electrons. The van der Waals surface area contributed by atoms with E-state index in [4.69, 9.17) is 9.72 Å². The lowest BCUT2D eigenvalue weighted by atomic mass is 10.1. The molecule has 2 aromatic heterocycles. The van der Waals surface area contributed by atoms with Crippen molar-refractivity contribution in [2.75, 3.05) is 39.1 Å². The number of benzene rings is 1. The molecule has 1 aromatic carbocycles. The third-order valence-electron chi connectivity index (χ3n) is 5.15. The van der Waals surface area contributed by atoms with Gasteiger partial charge in [0.25, 0.3) is 0 Å². The summed E-state index contributed by atoms with van der Waals surface area (Å²) in [4.78, 5) is 11.5. The normalized spacial score (nSPS) is 15.0. The lowest BCUT2D eigenvalue weighted by Gasteiger charge is -2.26. The van der Waals surface area contributed by atoms with Crippen molar-refractivity contribution in [3.8, 4) is 22.5 Å². The quantitative estimate of drug-likeness (QED) is 0.544. The highest BCUT2D eigenvalue weighted by atomic mass is 32.2. The average Bonchev–Trinajstić information content (AvgIpc) is 3.14. The van der Waals surface area contributed by atoms with Gasteiger partial charge in [-0.25, -0.2) is 9.37 Å². The van der Waals surface area contributed by atoms with E-state index in [2.05, 4.69) is 14.5 Å². The van der Waals surface area contributed by atoms with Crippen molar-refractivity contribution >= 4 is 11.8 Å². The summed E-state index contributed by atoms with van der Waals surface area (Å²) in [7, 11) is 0. The van der Waals surface area contributed by atoms with Crippen LogP contribution in [-0.4, -0.2) is 58.5 Å². The Hall–Kier alpha value is -2.22. The molecule has 0 unspecified atom stereocenters. The number of morpholine rings is 1. The molecular formula is C22H25FN4OS. The first-order valence-electron chi connectivity index (χ1n) is 9.87. The third kappa shape index (κ3) is 4.69. The Morgan fingerprint density at radius 1 is 1.00 bits per heavy atom. The van der Waals surface area contributed by atoms with E-state index in [-0.39, 0.29) is 5.82 Å². The van der Waals surface area contributed by atoms with Gasteiger partial charge in [0.1, 0.15) is 5.82 Å². The van der Waals surface area contributed by atoms with E-state index in [1.165, 1.54) is 12.1 Å². The van der Waals surface area contributed by atoms with Crippen molar-refractivity contribution in [3.05, 3.63) is 54.6 Å². The minimum atomic E-state index is -0.241. The Morgan fingerprint density at radius 2 is 1.72 bits per heavy atom. The van der Waals surface area contributed by atoms with E-state index in [0.29, 0.717) is 0 Å². The number of rotatable bonds is 7. The van der Waals surface area contributed by atoms with Crippen molar-refractivity contribution < 1.29 is 9.13 Å². The van der Waals surface area contributed by atoms with Crippen molar-refractivity contribution in [2.45, 2.75) is 18.1 Å². The van der Waals surface area contributed by atoms with Crippen LogP contribution in [0, 0.1) is 5.82 Å². The first-order valence-corrected chi connectivity index (χ1v) is 11.1. The Labute approximate surface area is 174 Å². The van der Waals surface area contributed by atoms with Crippen molar-refractivity contribution in [3.63, 3.8) is 0 Å². The largest absolute Gasteiger partial charge is 0.379 e. The zero-order valence-corrected chi connectivity index (χ0v) is 17.4. The van der Waals surface area contributed by atoms with Gasteiger partial charge in [0, 0.05) is 49.7 Å². The fourth-order valence-corrected chi connectivity index (χ4v) is 4.27. The summed E-state index contributed by atoms with van der Waals surface area (Å²) in [5.41, 5.74) is 3.93. The second-order valence-electron chi connectivity index (χ2n) is 7.00. The molecular weight excluding hydrogens is 387 g/mol. The summed E-state index contributed by atoms with van der Waals surface area (Å²) in [6, 6.07) is 10.6. The van der Waals surface area contributed by atoms with Crippen molar-refractivity contribution in [1.82, 2.24) is 19.4 Å². The maximum absolute atomic E-state index is 13.5. The van der Waals surface area contributed by atoms with Crippen LogP contribution in [0.4, 0.5) is 4.39 Å². The highest BCUT2D eigenvalue weighted by Gasteiger charge is 2.20. The summed E-state index contributed by atoms with van der Waals surface area (Å²) in [5.74, 6) is -0.241. The fraction of sp³-hybridized carbons (Fsp3) is 0.364. The van der Waals surface area contributed by atoms with Crippen molar-refractivity contribution in [2.24, 2.45) is 0 Å². The molecule has 1 saturated heterocycles. The van der Waals surface area contributed by atoms with Crippen molar-refractivity contribution in [1.29, 1.82) is 0 Å². The van der Waals surface area contributed by atoms with Crippen LogP contribution >= 0.6 is 11.8 Å². The van der Waals surface area contributed by atoms with Crippen LogP contribution in [0.15, 0.2) is 53.9 Å². The molecule has 0 N–H and O–H groups in total. The van der Waals surface area contributed by atoms with E-state index in [0.717, 1.165) is 73.5 Å². The number of thioether (sulfide) groups is 1. The molecule has 29 heavy (non-hydrogen) atoms. The van der Waals surface area contributed by atoms with E-state index < -0.39 is 0 Å². The molecule has 0 aliphatic carbocycles. The highest BCUT2D eigenvalue weighted by molar-refractivity contribution is 7.98. The molecule has 3 aromatic rings. The second kappa shape index (κ2) is 9.52. The van der Waals surface area contributed by atoms with E-state index in [1.807, 2.05) is 18.4 Å². The predicted octanol–water partition coefficient (Wildman–Crippen LogP) is 4.20. The van der Waals surface area contributed by atoms with E-state index in [9.17, 15) is 4.39 Å². The monoisotopic (exact) mass is 412 g/mol. The summed E-state index contributed by atoms with van der Waals surface area (Å²) >= 11 is 1.64. The molecule has 1 aliphatic rings. The van der Waals surface area contributed by atoms with E-state index >= 15 is 0 Å². The second-order valence-corrected chi connectivity index (χ2v) is 7.77. The topological polar surface area (TPSA) is 43.2 Å². The van der Waals surface area contributed by atoms with Gasteiger partial charge in [-0.05, 0) is 49.1 Å². The number of ether oxygens (including phenoxy) is 1. The molecule has 0 atom stereocenters. The molecule has 1 aliphatic heterocycles. The maximum Gasteiger partial charge on any atom is 0.168 e. The van der Waals surface area contributed by atoms with Gasteiger partial charge < -0.3 is 9.30 Å². The van der Waals surface area contributed by atoms with E-state index in [1.54, 1.807) is 36.3 Å². The van der Waals surface area contributed by atoms with Crippen LogP contribution in [-0.2, 0) is 11.3 Å². The zero-order chi connectivity index (χ0) is 20.1. The van der Waals surface area contributed by atoms with Gasteiger partial charge in [0.15, 0.2) is 5.16 Å². The summed E-state index contributed by atoms with van der Waals surface area (Å²) in [6.07, 6.45) is 6.68. The van der Waals surface area contributed by atoms with Crippen LogP contribution in [0.5, 0.6) is 0 Å². The number of nitrogens with zero attached hydrogens (tertiary/aromatic N) is 4. The summed E-state index contributed by atoms with van der Waals surface area (Å²) < 4.78 is 21.2. The number of halogens is 1. The molecule has 0 saturated carbocycles. The van der Waals surface area contributed by atoms with Crippen LogP contribution < -0.4 is 0 Å². The molecule has 7 heteroatoms. The van der Waals surface area contributed by atoms with Gasteiger partial charge >= 0.3 is 0 Å². The molecule has 0 amide bonds. The zero-order valence-electron chi connectivity index (χ0n) is 16.6. The lowest BCUT2D eigenvalue weighted by molar-refractivity contribution is 0.0369. The SMILES string of the molecule is CSc1nc(-c2ccc(F)cc2)c(-c2ccncc2)n1CCCN1CCOCC1. The molecule has 5 nitrogen and oxygen atoms in total.